The van der Waals surface area contributed by atoms with Crippen LogP contribution in [0.1, 0.15) is 6.92 Å². The fraction of sp³-hybridized carbons (Fsp3) is 0.455. The molecule has 2 aromatic rings. The van der Waals surface area contributed by atoms with Gasteiger partial charge in [0.2, 0.25) is 5.95 Å². The second-order valence-corrected chi connectivity index (χ2v) is 4.26. The van der Waals surface area contributed by atoms with Crippen LogP contribution in [0.25, 0.3) is 11.6 Å². The minimum Gasteiger partial charge on any atom is -0.461 e. The monoisotopic (exact) mass is 233 g/mol. The molecule has 0 radical (unpaired) electrons. The van der Waals surface area contributed by atoms with Gasteiger partial charge in [-0.05, 0) is 19.1 Å². The smallest absolute Gasteiger partial charge is 0.245 e. The van der Waals surface area contributed by atoms with Crippen molar-refractivity contribution < 1.29 is 4.42 Å². The summed E-state index contributed by atoms with van der Waals surface area (Å²) in [4.78, 5) is 6.62. The molecule has 3 rings (SSSR count). The number of piperazine rings is 1. The summed E-state index contributed by atoms with van der Waals surface area (Å²) in [6.07, 6.45) is 1.63. The molecular formula is C11H15N5O. The van der Waals surface area contributed by atoms with Gasteiger partial charge >= 0.3 is 0 Å². The molecule has 1 saturated heterocycles. The van der Waals surface area contributed by atoms with Crippen LogP contribution in [0.2, 0.25) is 0 Å². The van der Waals surface area contributed by atoms with Crippen LogP contribution in [0, 0.1) is 0 Å². The van der Waals surface area contributed by atoms with E-state index in [1.54, 1.807) is 6.26 Å². The first-order chi connectivity index (χ1) is 8.33. The summed E-state index contributed by atoms with van der Waals surface area (Å²) in [5, 5.41) is 10.5. The minimum atomic E-state index is 0.467. The van der Waals surface area contributed by atoms with Crippen LogP contribution >= 0.6 is 0 Å². The fourth-order valence-corrected chi connectivity index (χ4v) is 2.03. The first-order valence-corrected chi connectivity index (χ1v) is 5.77. The highest BCUT2D eigenvalue weighted by Gasteiger charge is 2.19. The average Bonchev–Trinajstić information content (AvgIpc) is 3.00. The van der Waals surface area contributed by atoms with E-state index in [1.165, 1.54) is 0 Å². The molecule has 6 heteroatoms. The summed E-state index contributed by atoms with van der Waals surface area (Å²) in [7, 11) is 0. The first kappa shape index (κ1) is 10.3. The summed E-state index contributed by atoms with van der Waals surface area (Å²) in [6, 6.07) is 4.17. The molecule has 1 aliphatic heterocycles. The lowest BCUT2D eigenvalue weighted by molar-refractivity contribution is 0.480. The van der Waals surface area contributed by atoms with E-state index in [4.69, 9.17) is 4.42 Å². The Labute approximate surface area is 99.0 Å². The first-order valence-electron chi connectivity index (χ1n) is 5.77. The molecule has 0 amide bonds. The topological polar surface area (TPSA) is 70.0 Å². The fourth-order valence-electron chi connectivity index (χ4n) is 2.03. The van der Waals surface area contributed by atoms with Crippen LogP contribution < -0.4 is 10.2 Å². The van der Waals surface area contributed by atoms with Crippen LogP contribution in [-0.4, -0.2) is 40.9 Å². The SMILES string of the molecule is C[C@H]1CN(c2n[nH]c(-c3ccco3)n2)CCN1. The number of aromatic nitrogens is 3. The zero-order valence-corrected chi connectivity index (χ0v) is 9.68. The van der Waals surface area contributed by atoms with Crippen LogP contribution in [0.3, 0.4) is 0 Å². The van der Waals surface area contributed by atoms with Crippen LogP contribution in [0.4, 0.5) is 5.95 Å². The van der Waals surface area contributed by atoms with Gasteiger partial charge < -0.3 is 14.6 Å². The minimum absolute atomic E-state index is 0.467. The van der Waals surface area contributed by atoms with Crippen molar-refractivity contribution in [3.8, 4) is 11.6 Å². The molecule has 2 aromatic heterocycles. The molecule has 90 valence electrons. The third-order valence-corrected chi connectivity index (χ3v) is 2.88. The zero-order valence-electron chi connectivity index (χ0n) is 9.68. The highest BCUT2D eigenvalue weighted by atomic mass is 16.3. The van der Waals surface area contributed by atoms with Gasteiger partial charge in [0.25, 0.3) is 0 Å². The van der Waals surface area contributed by atoms with Gasteiger partial charge in [-0.25, -0.2) is 0 Å². The lowest BCUT2D eigenvalue weighted by atomic mass is 10.2. The van der Waals surface area contributed by atoms with Gasteiger partial charge in [0, 0.05) is 25.7 Å². The van der Waals surface area contributed by atoms with Gasteiger partial charge in [-0.2, -0.15) is 4.98 Å². The van der Waals surface area contributed by atoms with Crippen molar-refractivity contribution in [1.29, 1.82) is 0 Å². The summed E-state index contributed by atoms with van der Waals surface area (Å²) in [5.74, 6) is 2.13. The van der Waals surface area contributed by atoms with Crippen LogP contribution in [0.5, 0.6) is 0 Å². The Kier molecular flexibility index (Phi) is 2.56. The molecule has 2 N–H and O–H groups in total. The highest BCUT2D eigenvalue weighted by Crippen LogP contribution is 2.18. The van der Waals surface area contributed by atoms with Gasteiger partial charge in [-0.15, -0.1) is 5.10 Å². The van der Waals surface area contributed by atoms with E-state index in [0.717, 1.165) is 25.6 Å². The predicted molar refractivity (Wildman–Crippen MR) is 63.8 cm³/mol. The maximum absolute atomic E-state index is 5.28. The van der Waals surface area contributed by atoms with E-state index in [2.05, 4.69) is 32.3 Å². The summed E-state index contributed by atoms with van der Waals surface area (Å²) in [5.41, 5.74) is 0. The molecule has 0 saturated carbocycles. The van der Waals surface area contributed by atoms with Gasteiger partial charge in [0.15, 0.2) is 11.6 Å². The number of nitrogens with zero attached hydrogens (tertiary/aromatic N) is 3. The van der Waals surface area contributed by atoms with Crippen molar-refractivity contribution in [3.63, 3.8) is 0 Å². The van der Waals surface area contributed by atoms with Crippen molar-refractivity contribution in [2.24, 2.45) is 0 Å². The van der Waals surface area contributed by atoms with Gasteiger partial charge in [0.05, 0.1) is 6.26 Å². The summed E-state index contributed by atoms with van der Waals surface area (Å²) >= 11 is 0. The number of furan rings is 1. The normalized spacial score (nSPS) is 20.8. The average molecular weight is 233 g/mol. The molecule has 1 atom stereocenters. The number of H-pyrrole nitrogens is 1. The molecule has 0 spiro atoms. The molecule has 0 unspecified atom stereocenters. The highest BCUT2D eigenvalue weighted by molar-refractivity contribution is 5.49. The molecule has 6 nitrogen and oxygen atoms in total. The lowest BCUT2D eigenvalue weighted by Gasteiger charge is -2.30. The molecule has 17 heavy (non-hydrogen) atoms. The molecule has 0 aromatic carbocycles. The Morgan fingerprint density at radius 2 is 2.47 bits per heavy atom. The summed E-state index contributed by atoms with van der Waals surface area (Å²) < 4.78 is 5.28. The Balaban J connectivity index is 1.80. The van der Waals surface area contributed by atoms with E-state index in [-0.39, 0.29) is 0 Å². The third kappa shape index (κ3) is 2.03. The van der Waals surface area contributed by atoms with Crippen molar-refractivity contribution in [2.75, 3.05) is 24.5 Å². The van der Waals surface area contributed by atoms with E-state index in [9.17, 15) is 0 Å². The van der Waals surface area contributed by atoms with E-state index in [0.29, 0.717) is 17.6 Å². The summed E-state index contributed by atoms with van der Waals surface area (Å²) in [6.45, 7) is 4.98. The number of aromatic amines is 1. The number of rotatable bonds is 2. The zero-order chi connectivity index (χ0) is 11.7. The van der Waals surface area contributed by atoms with Gasteiger partial charge in [0.1, 0.15) is 0 Å². The number of hydrogen-bond donors (Lipinski definition) is 2. The van der Waals surface area contributed by atoms with Gasteiger partial charge in [-0.3, -0.25) is 5.10 Å². The molecule has 1 fully saturated rings. The van der Waals surface area contributed by atoms with Crippen LogP contribution in [-0.2, 0) is 0 Å². The quantitative estimate of drug-likeness (QED) is 0.805. The van der Waals surface area contributed by atoms with Crippen LogP contribution in [0.15, 0.2) is 22.8 Å². The predicted octanol–water partition coefficient (Wildman–Crippen LogP) is 0.863. The molecule has 1 aliphatic rings. The van der Waals surface area contributed by atoms with E-state index < -0.39 is 0 Å². The maximum Gasteiger partial charge on any atom is 0.245 e. The Morgan fingerprint density at radius 1 is 1.53 bits per heavy atom. The van der Waals surface area contributed by atoms with Crippen molar-refractivity contribution in [3.05, 3.63) is 18.4 Å². The number of nitrogens with one attached hydrogen (secondary N) is 2. The molecule has 0 aliphatic carbocycles. The molecule has 3 heterocycles. The molecule has 0 bridgehead atoms. The number of hydrogen-bond acceptors (Lipinski definition) is 5. The second kappa shape index (κ2) is 4.21. The number of anilines is 1. The maximum atomic E-state index is 5.28. The Morgan fingerprint density at radius 3 is 3.24 bits per heavy atom. The van der Waals surface area contributed by atoms with Crippen molar-refractivity contribution in [1.82, 2.24) is 20.5 Å². The van der Waals surface area contributed by atoms with Crippen molar-refractivity contribution in [2.45, 2.75) is 13.0 Å². The lowest BCUT2D eigenvalue weighted by Crippen LogP contribution is -2.49. The van der Waals surface area contributed by atoms with E-state index in [1.807, 2.05) is 12.1 Å². The largest absolute Gasteiger partial charge is 0.461 e. The second-order valence-electron chi connectivity index (χ2n) is 4.26. The van der Waals surface area contributed by atoms with Gasteiger partial charge in [-0.1, -0.05) is 0 Å². The van der Waals surface area contributed by atoms with E-state index >= 15 is 0 Å². The standard InChI is InChI=1S/C11H15N5O/c1-8-7-16(5-4-12-8)11-13-10(14-15-11)9-3-2-6-17-9/h2-3,6,8,12H,4-5,7H2,1H3,(H,13,14,15)/t8-/m0/s1. The molecular weight excluding hydrogens is 218 g/mol. The third-order valence-electron chi connectivity index (χ3n) is 2.88. The Hall–Kier alpha value is -1.82. The van der Waals surface area contributed by atoms with Crippen molar-refractivity contribution >= 4 is 5.95 Å². The Bertz CT molecular complexity index is 478.